The molecule has 0 aromatic heterocycles. The Hall–Kier alpha value is -2.15. The van der Waals surface area contributed by atoms with Gasteiger partial charge in [-0.05, 0) is 18.6 Å². The average molecular weight is 311 g/mol. The zero-order valence-corrected chi connectivity index (χ0v) is 12.2. The van der Waals surface area contributed by atoms with E-state index in [1.165, 1.54) is 23.1 Å². The van der Waals surface area contributed by atoms with E-state index < -0.39 is 24.0 Å². The van der Waals surface area contributed by atoms with E-state index in [0.29, 0.717) is 13.0 Å². The molecule has 2 unspecified atom stereocenters. The van der Waals surface area contributed by atoms with Gasteiger partial charge in [-0.15, -0.1) is 0 Å². The molecule has 1 aromatic carbocycles. The second-order valence-corrected chi connectivity index (χ2v) is 4.93. The Morgan fingerprint density at radius 1 is 1.50 bits per heavy atom. The molecule has 1 amide bonds. The molecule has 1 aliphatic heterocycles. The minimum atomic E-state index is -1.11. The van der Waals surface area contributed by atoms with Gasteiger partial charge >= 0.3 is 5.97 Å². The highest BCUT2D eigenvalue weighted by Gasteiger charge is 2.32. The molecule has 22 heavy (non-hydrogen) atoms. The first-order chi connectivity index (χ1) is 10.5. The van der Waals surface area contributed by atoms with Crippen LogP contribution in [0.1, 0.15) is 13.3 Å². The summed E-state index contributed by atoms with van der Waals surface area (Å²) in [5.41, 5.74) is 0. The fourth-order valence-corrected chi connectivity index (χ4v) is 2.20. The monoisotopic (exact) mass is 311 g/mol. The first kappa shape index (κ1) is 16.2. The molecule has 1 fully saturated rings. The van der Waals surface area contributed by atoms with Crippen molar-refractivity contribution >= 4 is 11.9 Å². The number of carbonyl (C=O) groups excluding carboxylic acids is 1. The highest BCUT2D eigenvalue weighted by atomic mass is 19.1. The quantitative estimate of drug-likeness (QED) is 0.887. The summed E-state index contributed by atoms with van der Waals surface area (Å²) in [6.45, 7) is 2.16. The summed E-state index contributed by atoms with van der Waals surface area (Å²) in [5, 5.41) is 8.96. The van der Waals surface area contributed by atoms with Gasteiger partial charge in [-0.25, -0.2) is 9.18 Å². The zero-order valence-electron chi connectivity index (χ0n) is 12.2. The van der Waals surface area contributed by atoms with Gasteiger partial charge in [-0.1, -0.05) is 19.1 Å². The first-order valence-electron chi connectivity index (χ1n) is 7.07. The third kappa shape index (κ3) is 3.73. The maximum Gasteiger partial charge on any atom is 0.334 e. The van der Waals surface area contributed by atoms with Crippen LogP contribution in [-0.4, -0.2) is 53.8 Å². The summed E-state index contributed by atoms with van der Waals surface area (Å²) in [7, 11) is 0. The highest BCUT2D eigenvalue weighted by molar-refractivity contribution is 5.82. The van der Waals surface area contributed by atoms with Crippen LogP contribution in [0.25, 0.3) is 0 Å². The third-order valence-corrected chi connectivity index (χ3v) is 3.41. The number of rotatable bonds is 5. The smallest absolute Gasteiger partial charge is 0.334 e. The number of amides is 1. The van der Waals surface area contributed by atoms with E-state index in [-0.39, 0.29) is 24.8 Å². The second kappa shape index (κ2) is 7.22. The molecule has 0 bridgehead atoms. The van der Waals surface area contributed by atoms with Gasteiger partial charge in [-0.3, -0.25) is 4.79 Å². The Bertz CT molecular complexity index is 550. The normalized spacial score (nSPS) is 19.5. The number of halogens is 1. The maximum atomic E-state index is 13.6. The lowest BCUT2D eigenvalue weighted by atomic mass is 10.2. The number of carboxylic acids is 1. The molecule has 1 aliphatic rings. The van der Waals surface area contributed by atoms with Crippen molar-refractivity contribution < 1.29 is 28.6 Å². The van der Waals surface area contributed by atoms with Gasteiger partial charge in [-0.2, -0.15) is 0 Å². The van der Waals surface area contributed by atoms with Crippen molar-refractivity contribution in [1.29, 1.82) is 0 Å². The molecule has 0 radical (unpaired) electrons. The lowest BCUT2D eigenvalue weighted by Crippen LogP contribution is -2.52. The molecule has 2 atom stereocenters. The molecule has 1 heterocycles. The van der Waals surface area contributed by atoms with Gasteiger partial charge in [0.15, 0.2) is 23.8 Å². The summed E-state index contributed by atoms with van der Waals surface area (Å²) in [6.07, 6.45) is -1.55. The first-order valence-corrected chi connectivity index (χ1v) is 7.07. The molecule has 2 rings (SSSR count). The number of aliphatic carboxylic acids is 1. The predicted molar refractivity (Wildman–Crippen MR) is 75.1 cm³/mol. The number of hydrogen-bond acceptors (Lipinski definition) is 4. The van der Waals surface area contributed by atoms with Crippen LogP contribution in [0.15, 0.2) is 24.3 Å². The minimum Gasteiger partial charge on any atom is -0.479 e. The topological polar surface area (TPSA) is 76.1 Å². The summed E-state index contributed by atoms with van der Waals surface area (Å²) in [4.78, 5) is 24.8. The van der Waals surface area contributed by atoms with Gasteiger partial charge in [0.05, 0.1) is 13.2 Å². The Morgan fingerprint density at radius 2 is 2.23 bits per heavy atom. The van der Waals surface area contributed by atoms with E-state index in [1.807, 2.05) is 0 Å². The number of para-hydroxylation sites is 1. The van der Waals surface area contributed by atoms with Crippen LogP contribution in [0.4, 0.5) is 4.39 Å². The third-order valence-electron chi connectivity index (χ3n) is 3.41. The second-order valence-electron chi connectivity index (χ2n) is 4.93. The fraction of sp³-hybridized carbons (Fsp3) is 0.467. The van der Waals surface area contributed by atoms with Crippen LogP contribution in [0.2, 0.25) is 0 Å². The van der Waals surface area contributed by atoms with Crippen LogP contribution in [-0.2, 0) is 14.3 Å². The summed E-state index contributed by atoms with van der Waals surface area (Å²) in [6, 6.07) is 5.85. The number of carbonyl (C=O) groups is 2. The molecule has 1 aromatic rings. The Labute approximate surface area is 127 Å². The molecule has 1 saturated heterocycles. The van der Waals surface area contributed by atoms with Crippen molar-refractivity contribution in [2.75, 3.05) is 19.7 Å². The van der Waals surface area contributed by atoms with Gasteiger partial charge in [0.1, 0.15) is 0 Å². The van der Waals surface area contributed by atoms with E-state index in [9.17, 15) is 14.0 Å². The van der Waals surface area contributed by atoms with Gasteiger partial charge in [0.2, 0.25) is 0 Å². The molecular weight excluding hydrogens is 293 g/mol. The van der Waals surface area contributed by atoms with Crippen LogP contribution in [0.5, 0.6) is 5.75 Å². The molecular formula is C15H18FNO5. The summed E-state index contributed by atoms with van der Waals surface area (Å²) in [5.74, 6) is -2.01. The minimum absolute atomic E-state index is 0.00532. The average Bonchev–Trinajstić information content (AvgIpc) is 2.53. The van der Waals surface area contributed by atoms with Crippen molar-refractivity contribution in [3.63, 3.8) is 0 Å². The number of hydrogen-bond donors (Lipinski definition) is 1. The SMILES string of the molecule is CCC(Oc1ccccc1F)C(=O)N1CCOC(C(=O)O)C1. The number of benzene rings is 1. The van der Waals surface area contributed by atoms with Crippen molar-refractivity contribution in [2.45, 2.75) is 25.6 Å². The summed E-state index contributed by atoms with van der Waals surface area (Å²) >= 11 is 0. The van der Waals surface area contributed by atoms with Crippen LogP contribution < -0.4 is 4.74 Å². The number of morpholine rings is 1. The predicted octanol–water partition coefficient (Wildman–Crippen LogP) is 1.30. The van der Waals surface area contributed by atoms with Crippen LogP contribution >= 0.6 is 0 Å². The molecule has 0 spiro atoms. The molecule has 0 saturated carbocycles. The number of carboxylic acid groups (broad SMARTS) is 1. The van der Waals surface area contributed by atoms with E-state index in [0.717, 1.165) is 0 Å². The van der Waals surface area contributed by atoms with Gasteiger partial charge < -0.3 is 19.5 Å². The Morgan fingerprint density at radius 3 is 2.86 bits per heavy atom. The van der Waals surface area contributed by atoms with Gasteiger partial charge in [0.25, 0.3) is 5.91 Å². The molecule has 0 aliphatic carbocycles. The standard InChI is InChI=1S/C15H18FNO5/c1-2-11(22-12-6-4-3-5-10(12)16)14(18)17-7-8-21-13(9-17)15(19)20/h3-6,11,13H,2,7-9H2,1H3,(H,19,20). The van der Waals surface area contributed by atoms with Crippen LogP contribution in [0, 0.1) is 5.82 Å². The van der Waals surface area contributed by atoms with E-state index in [4.69, 9.17) is 14.6 Å². The zero-order chi connectivity index (χ0) is 16.1. The molecule has 120 valence electrons. The largest absolute Gasteiger partial charge is 0.479 e. The van der Waals surface area contributed by atoms with Gasteiger partial charge in [0, 0.05) is 6.54 Å². The van der Waals surface area contributed by atoms with Crippen molar-refractivity contribution in [3.05, 3.63) is 30.1 Å². The molecule has 7 heteroatoms. The number of ether oxygens (including phenoxy) is 2. The van der Waals surface area contributed by atoms with Crippen molar-refractivity contribution in [3.8, 4) is 5.75 Å². The molecule has 1 N–H and O–H groups in total. The van der Waals surface area contributed by atoms with Crippen molar-refractivity contribution in [1.82, 2.24) is 4.90 Å². The Balaban J connectivity index is 2.05. The maximum absolute atomic E-state index is 13.6. The fourth-order valence-electron chi connectivity index (χ4n) is 2.20. The Kier molecular flexibility index (Phi) is 5.32. The summed E-state index contributed by atoms with van der Waals surface area (Å²) < 4.78 is 24.1. The molecule has 6 nitrogen and oxygen atoms in total. The van der Waals surface area contributed by atoms with E-state index >= 15 is 0 Å². The van der Waals surface area contributed by atoms with Crippen LogP contribution in [0.3, 0.4) is 0 Å². The van der Waals surface area contributed by atoms with E-state index in [2.05, 4.69) is 0 Å². The lowest BCUT2D eigenvalue weighted by Gasteiger charge is -2.33. The van der Waals surface area contributed by atoms with E-state index in [1.54, 1.807) is 13.0 Å². The lowest BCUT2D eigenvalue weighted by molar-refractivity contribution is -0.161. The highest BCUT2D eigenvalue weighted by Crippen LogP contribution is 2.19. The van der Waals surface area contributed by atoms with Crippen molar-refractivity contribution in [2.24, 2.45) is 0 Å². The number of nitrogens with zero attached hydrogens (tertiary/aromatic N) is 1.